The van der Waals surface area contributed by atoms with Gasteiger partial charge in [0.25, 0.3) is 0 Å². The van der Waals surface area contributed by atoms with Crippen molar-refractivity contribution in [3.63, 3.8) is 0 Å². The summed E-state index contributed by atoms with van der Waals surface area (Å²) in [6, 6.07) is 22.2. The molecule has 0 fully saturated rings. The van der Waals surface area contributed by atoms with Crippen molar-refractivity contribution in [2.75, 3.05) is 0 Å². The van der Waals surface area contributed by atoms with E-state index in [1.165, 1.54) is 0 Å². The fourth-order valence-corrected chi connectivity index (χ4v) is 5.53. The number of aliphatic hydroxyl groups is 4. The smallest absolute Gasteiger partial charge is 0.128 e. The van der Waals surface area contributed by atoms with Crippen molar-refractivity contribution in [1.82, 2.24) is 24.9 Å². The Morgan fingerprint density at radius 1 is 0.561 bits per heavy atom. The van der Waals surface area contributed by atoms with Crippen molar-refractivity contribution >= 4 is 22.1 Å². The summed E-state index contributed by atoms with van der Waals surface area (Å²) >= 11 is 0. The van der Waals surface area contributed by atoms with Gasteiger partial charge in [-0.2, -0.15) is 0 Å². The number of hydrogen-bond donors (Lipinski definition) is 6. The summed E-state index contributed by atoms with van der Waals surface area (Å²) in [5, 5.41) is 44.4. The number of hydrogen-bond acceptors (Lipinski definition) is 7. The minimum Gasteiger partial charge on any atom is -0.384 e. The van der Waals surface area contributed by atoms with E-state index in [0.29, 0.717) is 56.0 Å². The molecule has 2 aliphatic heterocycles. The number of aromatic amines is 2. The van der Waals surface area contributed by atoms with Crippen molar-refractivity contribution < 1.29 is 20.4 Å². The van der Waals surface area contributed by atoms with Gasteiger partial charge in [-0.1, -0.05) is 29.8 Å². The lowest BCUT2D eigenvalue weighted by atomic mass is 9.99. The molecule has 4 unspecified atom stereocenters. The molecule has 7 rings (SSSR count). The van der Waals surface area contributed by atoms with E-state index in [1.54, 1.807) is 24.5 Å². The number of rotatable bonds is 2. The highest BCUT2D eigenvalue weighted by molar-refractivity contribution is 5.85. The van der Waals surface area contributed by atoms with Crippen LogP contribution in [0.4, 0.5) is 0 Å². The van der Waals surface area contributed by atoms with Crippen LogP contribution in [0.25, 0.3) is 44.3 Å². The lowest BCUT2D eigenvalue weighted by Gasteiger charge is -2.12. The number of fused-ring (bicyclic) bond motifs is 8. The van der Waals surface area contributed by atoms with E-state index in [0.717, 1.165) is 16.7 Å². The fourth-order valence-electron chi connectivity index (χ4n) is 5.53. The van der Waals surface area contributed by atoms with Gasteiger partial charge in [0.05, 0.1) is 22.8 Å². The Morgan fingerprint density at radius 3 is 1.51 bits per heavy atom. The molecule has 2 aliphatic rings. The molecule has 4 atom stereocenters. The molecule has 41 heavy (non-hydrogen) atoms. The lowest BCUT2D eigenvalue weighted by molar-refractivity contribution is 0.0256. The van der Waals surface area contributed by atoms with Gasteiger partial charge in [-0.25, -0.2) is 0 Å². The van der Waals surface area contributed by atoms with Gasteiger partial charge in [-0.3, -0.25) is 15.0 Å². The Balaban J connectivity index is 1.61. The highest BCUT2D eigenvalue weighted by Gasteiger charge is 2.33. The summed E-state index contributed by atoms with van der Waals surface area (Å²) in [6.07, 6.45) is -1.67. The second kappa shape index (κ2) is 9.76. The molecule has 204 valence electrons. The minimum atomic E-state index is -1.26. The first-order valence-electron chi connectivity index (χ1n) is 13.3. The molecule has 0 spiro atoms. The normalized spacial score (nSPS) is 20.3. The maximum atomic E-state index is 11.2. The molecule has 0 amide bonds. The third kappa shape index (κ3) is 4.32. The summed E-state index contributed by atoms with van der Waals surface area (Å²) in [5.41, 5.74) is 7.77. The van der Waals surface area contributed by atoms with E-state index in [2.05, 4.69) is 15.0 Å². The number of aryl methyl sites for hydroxylation is 1. The average Bonchev–Trinajstić information content (AvgIpc) is 3.75. The van der Waals surface area contributed by atoms with E-state index in [4.69, 9.17) is 9.97 Å². The van der Waals surface area contributed by atoms with Crippen LogP contribution < -0.4 is 0 Å². The van der Waals surface area contributed by atoms with Crippen LogP contribution in [0.2, 0.25) is 0 Å². The predicted octanol–water partition coefficient (Wildman–Crippen LogP) is 4.89. The molecule has 9 nitrogen and oxygen atoms in total. The molecule has 9 heteroatoms. The highest BCUT2D eigenvalue weighted by Crippen LogP contribution is 2.41. The van der Waals surface area contributed by atoms with Crippen molar-refractivity contribution in [1.29, 1.82) is 0 Å². The summed E-state index contributed by atoms with van der Waals surface area (Å²) in [6.45, 7) is 2.00. The Bertz CT molecular complexity index is 1930. The van der Waals surface area contributed by atoms with Gasteiger partial charge in [0, 0.05) is 45.6 Å². The maximum Gasteiger partial charge on any atom is 0.128 e. The van der Waals surface area contributed by atoms with Gasteiger partial charge >= 0.3 is 0 Å². The second-order valence-electron chi connectivity index (χ2n) is 10.4. The zero-order chi connectivity index (χ0) is 28.2. The van der Waals surface area contributed by atoms with E-state index in [9.17, 15) is 20.4 Å². The van der Waals surface area contributed by atoms with Gasteiger partial charge in [-0.15, -0.1) is 0 Å². The third-order valence-electron chi connectivity index (χ3n) is 7.65. The topological polar surface area (TPSA) is 151 Å². The van der Waals surface area contributed by atoms with Crippen LogP contribution in [0, 0.1) is 6.92 Å². The zero-order valence-corrected chi connectivity index (χ0v) is 22.0. The van der Waals surface area contributed by atoms with Crippen LogP contribution in [0.5, 0.6) is 0 Å². The fraction of sp³-hybridized carbons (Fsp3) is 0.156. The van der Waals surface area contributed by atoms with Gasteiger partial charge in [0.15, 0.2) is 0 Å². The molecule has 0 saturated heterocycles. The van der Waals surface area contributed by atoms with E-state index >= 15 is 0 Å². The first-order chi connectivity index (χ1) is 19.9. The maximum absolute atomic E-state index is 11.2. The number of nitrogens with one attached hydrogen (secondary N) is 2. The molecule has 8 bridgehead atoms. The molecule has 6 N–H and O–H groups in total. The Kier molecular flexibility index (Phi) is 6.02. The largest absolute Gasteiger partial charge is 0.384 e. The monoisotopic (exact) mass is 545 g/mol. The van der Waals surface area contributed by atoms with Crippen LogP contribution in [0.3, 0.4) is 0 Å². The summed E-state index contributed by atoms with van der Waals surface area (Å²) in [4.78, 5) is 20.2. The third-order valence-corrected chi connectivity index (χ3v) is 7.65. The van der Waals surface area contributed by atoms with Crippen molar-refractivity contribution in [3.8, 4) is 22.3 Å². The Hall–Kier alpha value is -4.67. The molecule has 0 saturated carbocycles. The number of nitrogens with zero attached hydrogens (tertiary/aromatic N) is 3. The molecular formula is C32H27N5O4. The van der Waals surface area contributed by atoms with Crippen LogP contribution in [-0.4, -0.2) is 45.3 Å². The number of aliphatic hydroxyl groups excluding tert-OH is 4. The van der Waals surface area contributed by atoms with Gasteiger partial charge in [-0.05, 0) is 66.6 Å². The molecular weight excluding hydrogens is 518 g/mol. The summed E-state index contributed by atoms with van der Waals surface area (Å²) in [5.74, 6) is 0. The molecule has 5 aromatic rings. The van der Waals surface area contributed by atoms with E-state index in [-0.39, 0.29) is 0 Å². The predicted molar refractivity (Wildman–Crippen MR) is 154 cm³/mol. The second-order valence-corrected chi connectivity index (χ2v) is 10.4. The summed E-state index contributed by atoms with van der Waals surface area (Å²) < 4.78 is 0. The molecule has 0 aliphatic carbocycles. The van der Waals surface area contributed by atoms with Crippen LogP contribution >= 0.6 is 0 Å². The van der Waals surface area contributed by atoms with Crippen LogP contribution in [-0.2, 0) is 0 Å². The quantitative estimate of drug-likeness (QED) is 0.185. The molecule has 1 aromatic carbocycles. The first-order valence-corrected chi connectivity index (χ1v) is 13.3. The van der Waals surface area contributed by atoms with Crippen LogP contribution in [0.15, 0.2) is 85.2 Å². The molecule has 6 heterocycles. The minimum absolute atomic E-state index is 0.305. The average molecular weight is 546 g/mol. The SMILES string of the molecule is Cc1ccc(-c2c3nc(cc4ccc([nH]4)c(-c4ccncc4)c4nc(cc5ccc2[nH]5)C(O)C4O)C(O)C3O)cc1. The standard InChI is InChI=1S/C32H27N5O4/c1-16-2-4-17(5-3-16)25-21-8-6-19(34-21)14-24-30(39)32(41)28(37-24)26(18-10-12-33-13-11-18)22-9-7-20(35-22)15-23-29(38)31(40)27(25)36-23/h2-15,29-32,34-35,38-41H,1H3. The zero-order valence-electron chi connectivity index (χ0n) is 22.0. The van der Waals surface area contributed by atoms with E-state index < -0.39 is 24.4 Å². The first kappa shape index (κ1) is 25.3. The van der Waals surface area contributed by atoms with Crippen LogP contribution in [0.1, 0.15) is 52.8 Å². The van der Waals surface area contributed by atoms with Gasteiger partial charge in [0.2, 0.25) is 0 Å². The number of aromatic nitrogens is 5. The lowest BCUT2D eigenvalue weighted by Crippen LogP contribution is -2.04. The Labute approximate surface area is 234 Å². The van der Waals surface area contributed by atoms with Crippen molar-refractivity contribution in [2.45, 2.75) is 31.3 Å². The number of H-pyrrole nitrogens is 2. The Morgan fingerprint density at radius 2 is 1.02 bits per heavy atom. The number of pyridine rings is 1. The van der Waals surface area contributed by atoms with E-state index in [1.807, 2.05) is 67.6 Å². The highest BCUT2D eigenvalue weighted by atomic mass is 16.3. The van der Waals surface area contributed by atoms with Gasteiger partial charge in [0.1, 0.15) is 24.4 Å². The molecule has 0 radical (unpaired) electrons. The molecule has 4 aromatic heterocycles. The van der Waals surface area contributed by atoms with Crippen molar-refractivity contribution in [2.24, 2.45) is 0 Å². The number of benzene rings is 1. The van der Waals surface area contributed by atoms with Gasteiger partial charge < -0.3 is 30.4 Å². The summed E-state index contributed by atoms with van der Waals surface area (Å²) in [7, 11) is 0. The van der Waals surface area contributed by atoms with Crippen molar-refractivity contribution in [3.05, 3.63) is 114 Å².